The highest BCUT2D eigenvalue weighted by atomic mass is 32.1. The van der Waals surface area contributed by atoms with Crippen LogP contribution in [0, 0.1) is 13.8 Å². The quantitative estimate of drug-likeness (QED) is 0.491. The van der Waals surface area contributed by atoms with Gasteiger partial charge in [-0.2, -0.15) is 14.6 Å². The van der Waals surface area contributed by atoms with Crippen LogP contribution in [0.4, 0.5) is 5.82 Å². The monoisotopic (exact) mass is 420 g/mol. The average molecular weight is 421 g/mol. The molecule has 0 spiro atoms. The molecule has 30 heavy (non-hydrogen) atoms. The van der Waals surface area contributed by atoms with Crippen molar-refractivity contribution in [2.45, 2.75) is 32.6 Å². The zero-order valence-corrected chi connectivity index (χ0v) is 18.2. The number of aromatic nitrogens is 5. The lowest BCUT2D eigenvalue weighted by Gasteiger charge is -2.33. The van der Waals surface area contributed by atoms with Crippen molar-refractivity contribution in [1.82, 2.24) is 24.6 Å². The molecule has 1 saturated heterocycles. The highest BCUT2D eigenvalue weighted by molar-refractivity contribution is 7.10. The number of para-hydroxylation sites is 1. The smallest absolute Gasteiger partial charge is 0.254 e. The van der Waals surface area contributed by atoms with Gasteiger partial charge in [-0.3, -0.25) is 0 Å². The van der Waals surface area contributed by atoms with E-state index in [1.165, 1.54) is 10.6 Å². The van der Waals surface area contributed by atoms with Crippen LogP contribution in [-0.2, 0) is 0 Å². The van der Waals surface area contributed by atoms with Crippen molar-refractivity contribution in [3.8, 4) is 17.0 Å². The highest BCUT2D eigenvalue weighted by Crippen LogP contribution is 2.37. The molecule has 0 saturated carbocycles. The first-order valence-corrected chi connectivity index (χ1v) is 11.0. The second-order valence-electron chi connectivity index (χ2n) is 7.65. The zero-order chi connectivity index (χ0) is 20.7. The molecule has 0 aliphatic carbocycles. The Labute approximate surface area is 179 Å². The molecule has 0 radical (unpaired) electrons. The Hall–Kier alpha value is -3.00. The third-order valence-corrected chi connectivity index (χ3v) is 6.93. The van der Waals surface area contributed by atoms with Gasteiger partial charge in [0.05, 0.1) is 17.8 Å². The summed E-state index contributed by atoms with van der Waals surface area (Å²) in [6.07, 6.45) is 3.71. The molecule has 8 heteroatoms. The number of hydrogen-bond acceptors (Lipinski definition) is 7. The van der Waals surface area contributed by atoms with Crippen LogP contribution in [0.25, 0.3) is 17.0 Å². The van der Waals surface area contributed by atoms with Crippen LogP contribution in [0.1, 0.15) is 35.0 Å². The van der Waals surface area contributed by atoms with E-state index >= 15 is 0 Å². The minimum atomic E-state index is 0.476. The lowest BCUT2D eigenvalue weighted by molar-refractivity contribution is 0.416. The summed E-state index contributed by atoms with van der Waals surface area (Å²) in [6.45, 7) is 6.08. The van der Waals surface area contributed by atoms with Gasteiger partial charge in [-0.1, -0.05) is 12.1 Å². The number of methoxy groups -OCH3 is 1. The molecule has 0 N–H and O–H groups in total. The number of rotatable bonds is 4. The number of nitrogens with zero attached hydrogens (tertiary/aromatic N) is 6. The van der Waals surface area contributed by atoms with Crippen LogP contribution in [0.5, 0.6) is 5.75 Å². The summed E-state index contributed by atoms with van der Waals surface area (Å²) in [4.78, 5) is 16.2. The van der Waals surface area contributed by atoms with Crippen LogP contribution in [0.2, 0.25) is 0 Å². The topological polar surface area (TPSA) is 68.4 Å². The minimum absolute atomic E-state index is 0.476. The van der Waals surface area contributed by atoms with E-state index in [1.807, 2.05) is 29.6 Å². The molecule has 0 bridgehead atoms. The number of anilines is 1. The lowest BCUT2D eigenvalue weighted by Crippen LogP contribution is -2.35. The first-order chi connectivity index (χ1) is 14.7. The lowest BCUT2D eigenvalue weighted by atomic mass is 9.97. The van der Waals surface area contributed by atoms with Gasteiger partial charge in [0.1, 0.15) is 17.9 Å². The van der Waals surface area contributed by atoms with Crippen LogP contribution in [-0.4, -0.2) is 44.8 Å². The van der Waals surface area contributed by atoms with Crippen molar-refractivity contribution in [1.29, 1.82) is 0 Å². The second-order valence-corrected chi connectivity index (χ2v) is 8.54. The molecule has 0 amide bonds. The molecule has 4 heterocycles. The molecule has 3 aromatic heterocycles. The van der Waals surface area contributed by atoms with Gasteiger partial charge in [0, 0.05) is 41.2 Å². The number of piperidine rings is 1. The molecule has 5 rings (SSSR count). The Bertz CT molecular complexity index is 1190. The van der Waals surface area contributed by atoms with Crippen molar-refractivity contribution in [3.05, 3.63) is 52.2 Å². The molecule has 7 nitrogen and oxygen atoms in total. The van der Waals surface area contributed by atoms with Crippen LogP contribution in [0.15, 0.2) is 36.0 Å². The summed E-state index contributed by atoms with van der Waals surface area (Å²) in [5, 5.41) is 7.77. The van der Waals surface area contributed by atoms with E-state index in [0.717, 1.165) is 54.4 Å². The molecule has 0 unspecified atom stereocenters. The van der Waals surface area contributed by atoms with Gasteiger partial charge in [0.25, 0.3) is 5.78 Å². The first-order valence-electron chi connectivity index (χ1n) is 10.2. The Morgan fingerprint density at radius 3 is 2.70 bits per heavy atom. The number of benzene rings is 1. The molecular weight excluding hydrogens is 396 g/mol. The molecule has 1 fully saturated rings. The normalized spacial score (nSPS) is 15.1. The van der Waals surface area contributed by atoms with E-state index in [0.29, 0.717) is 11.7 Å². The maximum Gasteiger partial charge on any atom is 0.254 e. The van der Waals surface area contributed by atoms with E-state index in [-0.39, 0.29) is 0 Å². The zero-order valence-electron chi connectivity index (χ0n) is 17.4. The number of hydrogen-bond donors (Lipinski definition) is 0. The Morgan fingerprint density at radius 1 is 1.10 bits per heavy atom. The predicted molar refractivity (Wildman–Crippen MR) is 119 cm³/mol. The summed E-state index contributed by atoms with van der Waals surface area (Å²) >= 11 is 1.75. The molecule has 154 valence electrons. The summed E-state index contributed by atoms with van der Waals surface area (Å²) in [5.74, 6) is 3.12. The summed E-state index contributed by atoms with van der Waals surface area (Å²) in [5.41, 5.74) is 4.23. The Kier molecular flexibility index (Phi) is 4.86. The fourth-order valence-electron chi connectivity index (χ4n) is 4.18. The minimum Gasteiger partial charge on any atom is -0.496 e. The van der Waals surface area contributed by atoms with Crippen LogP contribution < -0.4 is 9.64 Å². The fraction of sp³-hybridized carbons (Fsp3) is 0.364. The van der Waals surface area contributed by atoms with Gasteiger partial charge < -0.3 is 9.64 Å². The molecule has 1 aliphatic rings. The van der Waals surface area contributed by atoms with Crippen molar-refractivity contribution in [2.24, 2.45) is 0 Å². The van der Waals surface area contributed by atoms with Crippen molar-refractivity contribution in [2.75, 3.05) is 25.1 Å². The highest BCUT2D eigenvalue weighted by Gasteiger charge is 2.26. The summed E-state index contributed by atoms with van der Waals surface area (Å²) < 4.78 is 7.37. The fourth-order valence-corrected chi connectivity index (χ4v) is 5.17. The van der Waals surface area contributed by atoms with Crippen molar-refractivity contribution < 1.29 is 4.74 Å². The van der Waals surface area contributed by atoms with Gasteiger partial charge in [-0.15, -0.1) is 11.3 Å². The van der Waals surface area contributed by atoms with Gasteiger partial charge >= 0.3 is 0 Å². The summed E-state index contributed by atoms with van der Waals surface area (Å²) in [7, 11) is 1.71. The molecule has 4 aromatic rings. The van der Waals surface area contributed by atoms with Crippen molar-refractivity contribution in [3.63, 3.8) is 0 Å². The van der Waals surface area contributed by atoms with Crippen LogP contribution >= 0.6 is 11.3 Å². The van der Waals surface area contributed by atoms with Gasteiger partial charge in [0.15, 0.2) is 0 Å². The maximum absolute atomic E-state index is 5.51. The number of thiazole rings is 1. The Morgan fingerprint density at radius 2 is 1.90 bits per heavy atom. The number of aryl methyl sites for hydroxylation is 1. The van der Waals surface area contributed by atoms with Gasteiger partial charge in [0.2, 0.25) is 0 Å². The maximum atomic E-state index is 5.51. The van der Waals surface area contributed by atoms with E-state index in [1.54, 1.807) is 24.8 Å². The predicted octanol–water partition coefficient (Wildman–Crippen LogP) is 4.26. The number of ether oxygens (including phenoxy) is 1. The van der Waals surface area contributed by atoms with E-state index < -0.39 is 0 Å². The summed E-state index contributed by atoms with van der Waals surface area (Å²) in [6, 6.07) is 8.06. The molecule has 0 atom stereocenters. The average Bonchev–Trinajstić information content (AvgIpc) is 3.44. The van der Waals surface area contributed by atoms with Crippen LogP contribution in [0.3, 0.4) is 0 Å². The largest absolute Gasteiger partial charge is 0.496 e. The SMILES string of the molecule is COc1ccccc1-c1csc(C2CCN(c3c(C)c(C)nc4ncnn34)CC2)n1. The molecule has 1 aromatic carbocycles. The number of fused-ring (bicyclic) bond motifs is 1. The van der Waals surface area contributed by atoms with Gasteiger partial charge in [-0.25, -0.2) is 9.97 Å². The van der Waals surface area contributed by atoms with E-state index in [9.17, 15) is 0 Å². The van der Waals surface area contributed by atoms with Crippen molar-refractivity contribution >= 4 is 22.9 Å². The molecule has 1 aliphatic heterocycles. The molecular formula is C22H24N6OS. The second kappa shape index (κ2) is 7.68. The van der Waals surface area contributed by atoms with Gasteiger partial charge in [-0.05, 0) is 38.8 Å². The Balaban J connectivity index is 1.36. The third-order valence-electron chi connectivity index (χ3n) is 5.92. The first kappa shape index (κ1) is 19.0. The standard InChI is InChI=1S/C22H24N6OS/c1-14-15(2)25-22-23-13-24-28(22)21(14)27-10-8-16(9-11-27)20-26-18(12-30-20)17-6-4-5-7-19(17)29-3/h4-7,12-13,16H,8-11H2,1-3H3. The van der Waals surface area contributed by atoms with E-state index in [4.69, 9.17) is 9.72 Å². The third kappa shape index (κ3) is 3.21. The van der Waals surface area contributed by atoms with E-state index in [2.05, 4.69) is 38.3 Å².